The monoisotopic (exact) mass is 217 g/mol. The molecule has 2 N–H and O–H groups in total. The summed E-state index contributed by atoms with van der Waals surface area (Å²) >= 11 is 0. The lowest BCUT2D eigenvalue weighted by molar-refractivity contribution is -0.275. The van der Waals surface area contributed by atoms with Crippen LogP contribution in [0.1, 0.15) is 11.3 Å². The summed E-state index contributed by atoms with van der Waals surface area (Å²) in [6.07, 6.45) is -3.76. The summed E-state index contributed by atoms with van der Waals surface area (Å²) in [5.41, 5.74) is 4.97. The second kappa shape index (κ2) is 3.65. The van der Waals surface area contributed by atoms with Crippen LogP contribution in [0.3, 0.4) is 0 Å². The smallest absolute Gasteiger partial charge is 0.402 e. The highest BCUT2D eigenvalue weighted by molar-refractivity contribution is 5.56. The average Bonchev–Trinajstić information content (AvgIpc) is 2.11. The molecular weight excluding hydrogens is 211 g/mol. The number of rotatable bonds is 1. The third kappa shape index (κ3) is 2.49. The van der Waals surface area contributed by atoms with Gasteiger partial charge in [0.2, 0.25) is 0 Å². The fraction of sp³-hybridized carbons (Fsp3) is 0.250. The molecule has 0 aliphatic rings. The van der Waals surface area contributed by atoms with E-state index in [0.29, 0.717) is 0 Å². The number of hydrogen-bond donors (Lipinski definition) is 1. The maximum atomic E-state index is 12.0. The minimum Gasteiger partial charge on any atom is -0.402 e. The molecule has 0 radical (unpaired) electrons. The zero-order valence-electron chi connectivity index (χ0n) is 7.59. The molecule has 0 aliphatic carbocycles. The number of nitriles is 1. The van der Waals surface area contributed by atoms with E-state index in [1.807, 2.05) is 0 Å². The topological polar surface area (TPSA) is 71.9 Å². The lowest BCUT2D eigenvalue weighted by atomic mass is 10.2. The predicted octanol–water partition coefficient (Wildman–Crippen LogP) is 1.74. The number of alkyl halides is 3. The quantitative estimate of drug-likeness (QED) is 0.777. The van der Waals surface area contributed by atoms with Crippen molar-refractivity contribution in [3.05, 3.63) is 17.5 Å². The normalized spacial score (nSPS) is 10.9. The van der Waals surface area contributed by atoms with Crippen LogP contribution in [0.5, 0.6) is 5.75 Å². The van der Waals surface area contributed by atoms with E-state index in [9.17, 15) is 13.2 Å². The molecule has 0 saturated heterocycles. The Bertz CT molecular complexity index is 422. The maximum Gasteiger partial charge on any atom is 0.573 e. The van der Waals surface area contributed by atoms with Crippen molar-refractivity contribution in [1.82, 2.24) is 4.98 Å². The Balaban J connectivity index is 3.26. The predicted molar refractivity (Wildman–Crippen MR) is 44.8 cm³/mol. The standard InChI is InChI=1S/C8H6F3N3O/c1-4-5(13)3-14-6(2-12)7(4)15-8(9,10)11/h3H,13H2,1H3. The van der Waals surface area contributed by atoms with Crippen LogP contribution in [-0.4, -0.2) is 11.3 Å². The third-order valence-electron chi connectivity index (χ3n) is 1.65. The highest BCUT2D eigenvalue weighted by Crippen LogP contribution is 2.30. The van der Waals surface area contributed by atoms with Gasteiger partial charge in [-0.15, -0.1) is 13.2 Å². The van der Waals surface area contributed by atoms with Crippen LogP contribution in [-0.2, 0) is 0 Å². The molecule has 0 fully saturated rings. The molecule has 1 heterocycles. The van der Waals surface area contributed by atoms with Crippen molar-refractivity contribution in [3.63, 3.8) is 0 Å². The zero-order valence-corrected chi connectivity index (χ0v) is 7.59. The van der Waals surface area contributed by atoms with E-state index >= 15 is 0 Å². The van der Waals surface area contributed by atoms with Crippen LogP contribution in [0.2, 0.25) is 0 Å². The molecule has 0 aliphatic heterocycles. The molecule has 0 unspecified atom stereocenters. The van der Waals surface area contributed by atoms with E-state index in [4.69, 9.17) is 11.0 Å². The summed E-state index contributed by atoms with van der Waals surface area (Å²) in [6, 6.07) is 1.49. The molecule has 1 aromatic rings. The second-order valence-corrected chi connectivity index (χ2v) is 2.68. The van der Waals surface area contributed by atoms with Crippen molar-refractivity contribution in [2.45, 2.75) is 13.3 Å². The number of ether oxygens (including phenoxy) is 1. The first-order chi connectivity index (χ1) is 6.85. The molecular formula is C8H6F3N3O. The van der Waals surface area contributed by atoms with Gasteiger partial charge in [0, 0.05) is 5.56 Å². The lowest BCUT2D eigenvalue weighted by Crippen LogP contribution is -2.19. The van der Waals surface area contributed by atoms with E-state index in [1.54, 1.807) is 0 Å². The molecule has 0 amide bonds. The van der Waals surface area contributed by atoms with Crippen LogP contribution in [0.15, 0.2) is 6.20 Å². The summed E-state index contributed by atoms with van der Waals surface area (Å²) in [5.74, 6) is -0.648. The summed E-state index contributed by atoms with van der Waals surface area (Å²) in [7, 11) is 0. The molecule has 0 bridgehead atoms. The Morgan fingerprint density at radius 2 is 2.13 bits per heavy atom. The van der Waals surface area contributed by atoms with Gasteiger partial charge in [-0.3, -0.25) is 0 Å². The van der Waals surface area contributed by atoms with Crippen LogP contribution >= 0.6 is 0 Å². The van der Waals surface area contributed by atoms with Crippen molar-refractivity contribution in [1.29, 1.82) is 5.26 Å². The van der Waals surface area contributed by atoms with Gasteiger partial charge in [-0.05, 0) is 6.92 Å². The highest BCUT2D eigenvalue weighted by Gasteiger charge is 2.33. The van der Waals surface area contributed by atoms with Crippen molar-refractivity contribution in [2.75, 3.05) is 5.73 Å². The molecule has 0 spiro atoms. The van der Waals surface area contributed by atoms with Gasteiger partial charge >= 0.3 is 6.36 Å². The van der Waals surface area contributed by atoms with Crippen molar-refractivity contribution < 1.29 is 17.9 Å². The lowest BCUT2D eigenvalue weighted by Gasteiger charge is -2.12. The number of halogens is 3. The van der Waals surface area contributed by atoms with Crippen LogP contribution in [0.4, 0.5) is 18.9 Å². The number of anilines is 1. The number of nitrogen functional groups attached to an aromatic ring is 1. The first kappa shape index (κ1) is 11.1. The maximum absolute atomic E-state index is 12.0. The Morgan fingerprint density at radius 1 is 1.53 bits per heavy atom. The highest BCUT2D eigenvalue weighted by atomic mass is 19.4. The fourth-order valence-corrected chi connectivity index (χ4v) is 0.918. The van der Waals surface area contributed by atoms with Gasteiger partial charge in [0.1, 0.15) is 6.07 Å². The molecule has 80 valence electrons. The molecule has 1 aromatic heterocycles. The molecule has 15 heavy (non-hydrogen) atoms. The number of nitrogens with zero attached hydrogens (tertiary/aromatic N) is 2. The van der Waals surface area contributed by atoms with E-state index < -0.39 is 17.8 Å². The summed E-state index contributed by atoms with van der Waals surface area (Å²) in [4.78, 5) is 3.43. The van der Waals surface area contributed by atoms with Crippen molar-refractivity contribution in [3.8, 4) is 11.8 Å². The van der Waals surface area contributed by atoms with E-state index in [-0.39, 0.29) is 11.3 Å². The fourth-order valence-electron chi connectivity index (χ4n) is 0.918. The van der Waals surface area contributed by atoms with Gasteiger partial charge in [0.05, 0.1) is 11.9 Å². The van der Waals surface area contributed by atoms with Gasteiger partial charge in [-0.2, -0.15) is 5.26 Å². The molecule has 1 rings (SSSR count). The summed E-state index contributed by atoms with van der Waals surface area (Å²) in [5, 5.41) is 8.53. The van der Waals surface area contributed by atoms with Crippen LogP contribution < -0.4 is 10.5 Å². The largest absolute Gasteiger partial charge is 0.573 e. The minimum atomic E-state index is -4.87. The van der Waals surface area contributed by atoms with E-state index in [1.165, 1.54) is 13.0 Å². The van der Waals surface area contributed by atoms with Gasteiger partial charge in [0.15, 0.2) is 11.4 Å². The number of hydrogen-bond acceptors (Lipinski definition) is 4. The van der Waals surface area contributed by atoms with Gasteiger partial charge in [-0.1, -0.05) is 0 Å². The number of aromatic nitrogens is 1. The van der Waals surface area contributed by atoms with Gasteiger partial charge in [0.25, 0.3) is 0 Å². The van der Waals surface area contributed by atoms with E-state index in [2.05, 4.69) is 9.72 Å². The van der Waals surface area contributed by atoms with Crippen molar-refractivity contribution >= 4 is 5.69 Å². The molecule has 7 heteroatoms. The Hall–Kier alpha value is -1.97. The van der Waals surface area contributed by atoms with Crippen LogP contribution in [0.25, 0.3) is 0 Å². The Kier molecular flexibility index (Phi) is 2.70. The SMILES string of the molecule is Cc1c(N)cnc(C#N)c1OC(F)(F)F. The summed E-state index contributed by atoms with van der Waals surface area (Å²) < 4.78 is 39.6. The third-order valence-corrected chi connectivity index (χ3v) is 1.65. The molecule has 0 atom stereocenters. The summed E-state index contributed by atoms with van der Waals surface area (Å²) in [6.45, 7) is 1.32. The number of nitrogens with two attached hydrogens (primary N) is 1. The Labute approximate surface area is 83.1 Å². The molecule has 4 nitrogen and oxygen atoms in total. The van der Waals surface area contributed by atoms with Gasteiger partial charge in [-0.25, -0.2) is 4.98 Å². The zero-order chi connectivity index (χ0) is 11.6. The molecule has 0 aromatic carbocycles. The van der Waals surface area contributed by atoms with Gasteiger partial charge < -0.3 is 10.5 Å². The van der Waals surface area contributed by atoms with Crippen LogP contribution in [0, 0.1) is 18.3 Å². The van der Waals surface area contributed by atoms with Crippen molar-refractivity contribution in [2.24, 2.45) is 0 Å². The second-order valence-electron chi connectivity index (χ2n) is 2.68. The molecule has 0 saturated carbocycles. The van der Waals surface area contributed by atoms with E-state index in [0.717, 1.165) is 6.20 Å². The number of pyridine rings is 1. The average molecular weight is 217 g/mol. The first-order valence-electron chi connectivity index (χ1n) is 3.76. The first-order valence-corrected chi connectivity index (χ1v) is 3.76. The minimum absolute atomic E-state index is 0.0354. The Morgan fingerprint density at radius 3 is 2.60 bits per heavy atom.